The van der Waals surface area contributed by atoms with Crippen LogP contribution in [0.4, 0.5) is 0 Å². The average Bonchev–Trinajstić information content (AvgIpc) is 2.55. The van der Waals surface area contributed by atoms with Gasteiger partial charge in [-0.15, -0.1) is 0 Å². The second-order valence-electron chi connectivity index (χ2n) is 5.93. The van der Waals surface area contributed by atoms with E-state index in [0.717, 1.165) is 17.7 Å². The van der Waals surface area contributed by atoms with Crippen molar-refractivity contribution in [2.75, 3.05) is 6.61 Å². The maximum Gasteiger partial charge on any atom is 0.251 e. The summed E-state index contributed by atoms with van der Waals surface area (Å²) in [6.07, 6.45) is 0.968. The predicted molar refractivity (Wildman–Crippen MR) is 94.0 cm³/mol. The third kappa shape index (κ3) is 4.59. The molecule has 2 rings (SSSR count). The van der Waals surface area contributed by atoms with Gasteiger partial charge < -0.3 is 10.1 Å². The highest BCUT2D eigenvalue weighted by Crippen LogP contribution is 2.20. The molecule has 0 aliphatic rings. The lowest BCUT2D eigenvalue weighted by molar-refractivity contribution is 0.0940. The van der Waals surface area contributed by atoms with Gasteiger partial charge in [0.15, 0.2) is 0 Å². The first-order valence-corrected chi connectivity index (χ1v) is 8.12. The summed E-state index contributed by atoms with van der Waals surface area (Å²) in [5.41, 5.74) is 4.18. The van der Waals surface area contributed by atoms with Crippen LogP contribution in [0.3, 0.4) is 0 Å². The molecule has 0 heterocycles. The molecular weight excluding hydrogens is 286 g/mol. The molecule has 0 aliphatic heterocycles. The van der Waals surface area contributed by atoms with Crippen LogP contribution in [-0.4, -0.2) is 12.5 Å². The zero-order chi connectivity index (χ0) is 16.8. The van der Waals surface area contributed by atoms with E-state index in [9.17, 15) is 4.79 Å². The van der Waals surface area contributed by atoms with Gasteiger partial charge in [0.2, 0.25) is 0 Å². The number of aryl methyl sites for hydroxylation is 2. The third-order valence-electron chi connectivity index (χ3n) is 3.84. The molecule has 2 aromatic carbocycles. The minimum absolute atomic E-state index is 0.0292. The van der Waals surface area contributed by atoms with Crippen molar-refractivity contribution in [3.63, 3.8) is 0 Å². The van der Waals surface area contributed by atoms with Crippen LogP contribution in [0.5, 0.6) is 5.75 Å². The van der Waals surface area contributed by atoms with Crippen LogP contribution < -0.4 is 10.1 Å². The van der Waals surface area contributed by atoms with Crippen LogP contribution in [0.25, 0.3) is 0 Å². The first kappa shape index (κ1) is 17.1. The molecule has 122 valence electrons. The Labute approximate surface area is 138 Å². The Morgan fingerprint density at radius 1 is 1.13 bits per heavy atom. The van der Waals surface area contributed by atoms with Crippen molar-refractivity contribution in [3.8, 4) is 5.75 Å². The number of amides is 1. The van der Waals surface area contributed by atoms with Crippen molar-refractivity contribution in [2.24, 2.45) is 0 Å². The minimum atomic E-state index is -0.0690. The number of nitrogens with one attached hydrogen (secondary N) is 1. The highest BCUT2D eigenvalue weighted by molar-refractivity contribution is 5.94. The fraction of sp³-hybridized carbons (Fsp3) is 0.350. The second-order valence-corrected chi connectivity index (χ2v) is 5.93. The van der Waals surface area contributed by atoms with Crippen LogP contribution in [0.1, 0.15) is 53.4 Å². The molecule has 0 spiro atoms. The van der Waals surface area contributed by atoms with Gasteiger partial charge in [-0.3, -0.25) is 4.79 Å². The summed E-state index contributed by atoms with van der Waals surface area (Å²) in [6.45, 7) is 8.90. The topological polar surface area (TPSA) is 38.3 Å². The number of hydrogen-bond donors (Lipinski definition) is 1. The van der Waals surface area contributed by atoms with Crippen LogP contribution in [0.15, 0.2) is 42.5 Å². The molecule has 0 saturated heterocycles. The van der Waals surface area contributed by atoms with Crippen molar-refractivity contribution in [1.29, 1.82) is 0 Å². The average molecular weight is 311 g/mol. The monoisotopic (exact) mass is 311 g/mol. The lowest BCUT2D eigenvalue weighted by Gasteiger charge is -2.17. The Morgan fingerprint density at radius 2 is 1.83 bits per heavy atom. The molecule has 0 aromatic heterocycles. The largest absolute Gasteiger partial charge is 0.494 e. The van der Waals surface area contributed by atoms with Crippen molar-refractivity contribution >= 4 is 5.91 Å². The number of carbonyl (C=O) groups excluding carboxylic acids is 1. The molecule has 0 aliphatic carbocycles. The molecular formula is C20H25NO2. The van der Waals surface area contributed by atoms with Gasteiger partial charge in [0, 0.05) is 5.56 Å². The lowest BCUT2D eigenvalue weighted by atomic mass is 10.00. The van der Waals surface area contributed by atoms with Crippen LogP contribution in [0.2, 0.25) is 0 Å². The van der Waals surface area contributed by atoms with E-state index in [0.29, 0.717) is 12.2 Å². The molecule has 3 heteroatoms. The maximum absolute atomic E-state index is 12.4. The number of ether oxygens (including phenoxy) is 1. The second kappa shape index (κ2) is 7.82. The highest BCUT2D eigenvalue weighted by Gasteiger charge is 2.13. The van der Waals surface area contributed by atoms with Crippen molar-refractivity contribution in [1.82, 2.24) is 5.32 Å². The van der Waals surface area contributed by atoms with E-state index in [1.165, 1.54) is 11.1 Å². The summed E-state index contributed by atoms with van der Waals surface area (Å²) >= 11 is 0. The summed E-state index contributed by atoms with van der Waals surface area (Å²) in [5, 5.41) is 3.06. The van der Waals surface area contributed by atoms with E-state index in [1.807, 2.05) is 19.1 Å². The SMILES string of the molecule is CCCOc1ccc(C(=O)N[C@H](C)c2cc(C)ccc2C)cc1. The maximum atomic E-state index is 12.4. The summed E-state index contributed by atoms with van der Waals surface area (Å²) in [5.74, 6) is 0.728. The van der Waals surface area contributed by atoms with E-state index in [1.54, 1.807) is 12.1 Å². The molecule has 0 radical (unpaired) electrons. The Kier molecular flexibility index (Phi) is 5.80. The van der Waals surface area contributed by atoms with Crippen molar-refractivity contribution < 1.29 is 9.53 Å². The van der Waals surface area contributed by atoms with Gasteiger partial charge in [-0.05, 0) is 62.6 Å². The van der Waals surface area contributed by atoms with Gasteiger partial charge >= 0.3 is 0 Å². The Morgan fingerprint density at radius 3 is 2.48 bits per heavy atom. The van der Waals surface area contributed by atoms with Crippen molar-refractivity contribution in [3.05, 3.63) is 64.7 Å². The zero-order valence-corrected chi connectivity index (χ0v) is 14.3. The van der Waals surface area contributed by atoms with Crippen molar-refractivity contribution in [2.45, 2.75) is 40.2 Å². The molecule has 23 heavy (non-hydrogen) atoms. The van der Waals surface area contributed by atoms with Gasteiger partial charge in [0.05, 0.1) is 12.6 Å². The Balaban J connectivity index is 2.04. The van der Waals surface area contributed by atoms with E-state index in [4.69, 9.17) is 4.74 Å². The van der Waals surface area contributed by atoms with Gasteiger partial charge in [-0.25, -0.2) is 0 Å². The fourth-order valence-corrected chi connectivity index (χ4v) is 2.51. The minimum Gasteiger partial charge on any atom is -0.494 e. The molecule has 3 nitrogen and oxygen atoms in total. The number of carbonyl (C=O) groups is 1. The normalized spacial score (nSPS) is 11.8. The molecule has 0 saturated carbocycles. The van der Waals surface area contributed by atoms with Gasteiger partial charge in [-0.2, -0.15) is 0 Å². The molecule has 1 N–H and O–H groups in total. The summed E-state index contributed by atoms with van der Waals surface area (Å²) < 4.78 is 5.54. The van der Waals surface area contributed by atoms with E-state index < -0.39 is 0 Å². The fourth-order valence-electron chi connectivity index (χ4n) is 2.51. The van der Waals surface area contributed by atoms with Gasteiger partial charge in [0.1, 0.15) is 5.75 Å². The number of hydrogen-bond acceptors (Lipinski definition) is 2. The smallest absolute Gasteiger partial charge is 0.251 e. The van der Waals surface area contributed by atoms with E-state index in [-0.39, 0.29) is 11.9 Å². The molecule has 1 amide bonds. The molecule has 0 fully saturated rings. The molecule has 2 aromatic rings. The Hall–Kier alpha value is -2.29. The quantitative estimate of drug-likeness (QED) is 0.847. The van der Waals surface area contributed by atoms with Crippen LogP contribution in [0, 0.1) is 13.8 Å². The molecule has 0 unspecified atom stereocenters. The van der Waals surface area contributed by atoms with Crippen LogP contribution >= 0.6 is 0 Å². The Bertz CT molecular complexity index is 662. The zero-order valence-electron chi connectivity index (χ0n) is 14.3. The van der Waals surface area contributed by atoms with Gasteiger partial charge in [-0.1, -0.05) is 30.7 Å². The number of benzene rings is 2. The summed E-state index contributed by atoms with van der Waals surface area (Å²) in [6, 6.07) is 13.6. The number of rotatable bonds is 6. The third-order valence-corrected chi connectivity index (χ3v) is 3.84. The van der Waals surface area contributed by atoms with E-state index >= 15 is 0 Å². The molecule has 0 bridgehead atoms. The lowest BCUT2D eigenvalue weighted by Crippen LogP contribution is -2.27. The first-order valence-electron chi connectivity index (χ1n) is 8.12. The highest BCUT2D eigenvalue weighted by atomic mass is 16.5. The standard InChI is InChI=1S/C20H25NO2/c1-5-12-23-18-10-8-17(9-11-18)20(22)21-16(4)19-13-14(2)6-7-15(19)3/h6-11,13,16H,5,12H2,1-4H3,(H,21,22)/t16-/m1/s1. The van der Waals surface area contributed by atoms with Crippen LogP contribution in [-0.2, 0) is 0 Å². The van der Waals surface area contributed by atoms with E-state index in [2.05, 4.69) is 44.3 Å². The predicted octanol–water partition coefficient (Wildman–Crippen LogP) is 4.58. The molecule has 1 atom stereocenters. The summed E-state index contributed by atoms with van der Waals surface area (Å²) in [7, 11) is 0. The van der Waals surface area contributed by atoms with Gasteiger partial charge in [0.25, 0.3) is 5.91 Å². The first-order chi connectivity index (χ1) is 11.0. The summed E-state index contributed by atoms with van der Waals surface area (Å²) in [4.78, 5) is 12.4.